The van der Waals surface area contributed by atoms with E-state index in [-0.39, 0.29) is 15.8 Å². The lowest BCUT2D eigenvalue weighted by Gasteiger charge is -2.05. The Hall–Kier alpha value is -0.660. The van der Waals surface area contributed by atoms with Crippen molar-refractivity contribution in [2.75, 3.05) is 0 Å². The second-order valence-electron chi connectivity index (χ2n) is 2.54. The highest BCUT2D eigenvalue weighted by Gasteiger charge is 2.08. The molecule has 0 aliphatic carbocycles. The van der Waals surface area contributed by atoms with Crippen molar-refractivity contribution in [2.24, 2.45) is 0 Å². The fourth-order valence-corrected chi connectivity index (χ4v) is 1.40. The zero-order valence-corrected chi connectivity index (χ0v) is 8.08. The summed E-state index contributed by atoms with van der Waals surface area (Å²) in [6.07, 6.45) is 0. The van der Waals surface area contributed by atoms with Crippen molar-refractivity contribution in [3.63, 3.8) is 0 Å². The lowest BCUT2D eigenvalue weighted by molar-refractivity contribution is 0.475. The van der Waals surface area contributed by atoms with Gasteiger partial charge in [0.25, 0.3) is 0 Å². The van der Waals surface area contributed by atoms with E-state index in [4.69, 9.17) is 23.2 Å². The number of aromatic hydroxyl groups is 1. The summed E-state index contributed by atoms with van der Waals surface area (Å²) in [5.41, 5.74) is 1.52. The van der Waals surface area contributed by atoms with Crippen molar-refractivity contribution < 1.29 is 5.11 Å². The van der Waals surface area contributed by atoms with Crippen LogP contribution in [0.25, 0.3) is 5.57 Å². The van der Waals surface area contributed by atoms with E-state index in [0.717, 1.165) is 11.1 Å². The Labute approximate surface area is 81.2 Å². The molecule has 12 heavy (non-hydrogen) atoms. The van der Waals surface area contributed by atoms with Crippen LogP contribution in [0.15, 0.2) is 18.7 Å². The van der Waals surface area contributed by atoms with Gasteiger partial charge in [0.1, 0.15) is 0 Å². The van der Waals surface area contributed by atoms with Gasteiger partial charge in [0.2, 0.25) is 0 Å². The Morgan fingerprint density at radius 3 is 2.50 bits per heavy atom. The van der Waals surface area contributed by atoms with Gasteiger partial charge in [-0.15, -0.1) is 0 Å². The molecule has 1 rings (SSSR count). The predicted octanol–water partition coefficient (Wildman–Crippen LogP) is 3.73. The number of hydrogen-bond acceptors (Lipinski definition) is 1. The maximum Gasteiger partial charge on any atom is 0.153 e. The van der Waals surface area contributed by atoms with Crippen molar-refractivity contribution >= 4 is 28.8 Å². The van der Waals surface area contributed by atoms with Crippen molar-refractivity contribution in [1.29, 1.82) is 0 Å². The number of halogens is 2. The Morgan fingerprint density at radius 2 is 2.00 bits per heavy atom. The van der Waals surface area contributed by atoms with Crippen LogP contribution >= 0.6 is 23.2 Å². The summed E-state index contributed by atoms with van der Waals surface area (Å²) >= 11 is 11.4. The van der Waals surface area contributed by atoms with Crippen LogP contribution < -0.4 is 0 Å². The summed E-state index contributed by atoms with van der Waals surface area (Å²) in [6.45, 7) is 5.53. The van der Waals surface area contributed by atoms with E-state index < -0.39 is 0 Å². The molecule has 0 heterocycles. The Kier molecular flexibility index (Phi) is 2.65. The van der Waals surface area contributed by atoms with E-state index in [1.54, 1.807) is 12.1 Å². The molecule has 1 aromatic carbocycles. The fraction of sp³-hybridized carbons (Fsp3) is 0.111. The first-order valence-electron chi connectivity index (χ1n) is 3.37. The molecule has 0 atom stereocenters. The molecule has 1 N–H and O–H groups in total. The molecule has 0 saturated carbocycles. The molecule has 3 heteroatoms. The monoisotopic (exact) mass is 202 g/mol. The van der Waals surface area contributed by atoms with Crippen molar-refractivity contribution in [3.8, 4) is 5.75 Å². The van der Waals surface area contributed by atoms with Gasteiger partial charge >= 0.3 is 0 Å². The topological polar surface area (TPSA) is 20.2 Å². The first-order chi connectivity index (χ1) is 5.54. The summed E-state index contributed by atoms with van der Waals surface area (Å²) in [6, 6.07) is 3.32. The number of hydrogen-bond donors (Lipinski definition) is 1. The van der Waals surface area contributed by atoms with Crippen LogP contribution in [0.3, 0.4) is 0 Å². The molecule has 0 saturated heterocycles. The van der Waals surface area contributed by atoms with Gasteiger partial charge in [-0.3, -0.25) is 0 Å². The van der Waals surface area contributed by atoms with Gasteiger partial charge in [-0.2, -0.15) is 0 Å². The lowest BCUT2D eigenvalue weighted by atomic mass is 10.1. The highest BCUT2D eigenvalue weighted by Crippen LogP contribution is 2.36. The number of allylic oxidation sites excluding steroid dienone is 1. The average Bonchev–Trinajstić information content (AvgIpc) is 2.00. The minimum atomic E-state index is -0.0844. The van der Waals surface area contributed by atoms with Crippen LogP contribution in [0.2, 0.25) is 10.0 Å². The molecule has 0 unspecified atom stereocenters. The highest BCUT2D eigenvalue weighted by molar-refractivity contribution is 6.38. The van der Waals surface area contributed by atoms with Crippen molar-refractivity contribution in [2.45, 2.75) is 6.92 Å². The lowest BCUT2D eigenvalue weighted by Crippen LogP contribution is -1.81. The molecule has 0 aliphatic rings. The standard InChI is InChI=1S/C9H8Cl2O/c1-5(2)6-3-4-7(10)9(12)8(6)11/h3-4,12H,1H2,2H3. The second kappa shape index (κ2) is 3.38. The minimum absolute atomic E-state index is 0.0844. The summed E-state index contributed by atoms with van der Waals surface area (Å²) < 4.78 is 0. The van der Waals surface area contributed by atoms with E-state index in [1.165, 1.54) is 0 Å². The Balaban J connectivity index is 3.36. The summed E-state index contributed by atoms with van der Waals surface area (Å²) in [7, 11) is 0. The second-order valence-corrected chi connectivity index (χ2v) is 3.32. The van der Waals surface area contributed by atoms with Crippen molar-refractivity contribution in [1.82, 2.24) is 0 Å². The molecule has 1 nitrogen and oxygen atoms in total. The van der Waals surface area contributed by atoms with Gasteiger partial charge in [-0.1, -0.05) is 35.8 Å². The number of phenolic OH excluding ortho intramolecular Hbond substituents is 1. The van der Waals surface area contributed by atoms with Gasteiger partial charge in [0, 0.05) is 0 Å². The Morgan fingerprint density at radius 1 is 1.42 bits per heavy atom. The maximum absolute atomic E-state index is 9.33. The summed E-state index contributed by atoms with van der Waals surface area (Å²) in [5.74, 6) is -0.0844. The predicted molar refractivity (Wildman–Crippen MR) is 52.8 cm³/mol. The van der Waals surface area contributed by atoms with Gasteiger partial charge in [-0.25, -0.2) is 0 Å². The third-order valence-electron chi connectivity index (χ3n) is 1.53. The molecule has 64 valence electrons. The summed E-state index contributed by atoms with van der Waals surface area (Å²) in [4.78, 5) is 0. The van der Waals surface area contributed by atoms with Crippen LogP contribution in [0, 0.1) is 0 Å². The molecule has 1 aromatic rings. The molecule has 0 fully saturated rings. The van der Waals surface area contributed by atoms with Gasteiger partial charge in [-0.05, 0) is 24.1 Å². The van der Waals surface area contributed by atoms with Gasteiger partial charge in [0.15, 0.2) is 5.75 Å². The average molecular weight is 203 g/mol. The van der Waals surface area contributed by atoms with Crippen LogP contribution in [0.4, 0.5) is 0 Å². The van der Waals surface area contributed by atoms with Crippen molar-refractivity contribution in [3.05, 3.63) is 34.3 Å². The fourth-order valence-electron chi connectivity index (χ4n) is 0.871. The van der Waals surface area contributed by atoms with E-state index in [2.05, 4.69) is 6.58 Å². The first-order valence-corrected chi connectivity index (χ1v) is 4.12. The third-order valence-corrected chi connectivity index (χ3v) is 2.21. The smallest absolute Gasteiger partial charge is 0.153 e. The third kappa shape index (κ3) is 1.57. The largest absolute Gasteiger partial charge is 0.505 e. The number of benzene rings is 1. The maximum atomic E-state index is 9.33. The van der Waals surface area contributed by atoms with Crippen LogP contribution in [-0.2, 0) is 0 Å². The number of rotatable bonds is 1. The zero-order chi connectivity index (χ0) is 9.30. The van der Waals surface area contributed by atoms with E-state index in [0.29, 0.717) is 0 Å². The molecule has 0 spiro atoms. The minimum Gasteiger partial charge on any atom is -0.505 e. The molecule has 0 aromatic heterocycles. The zero-order valence-electron chi connectivity index (χ0n) is 6.56. The molecule has 0 aliphatic heterocycles. The van der Waals surface area contributed by atoms with Crippen LogP contribution in [0.5, 0.6) is 5.75 Å². The van der Waals surface area contributed by atoms with E-state index >= 15 is 0 Å². The van der Waals surface area contributed by atoms with Crippen LogP contribution in [-0.4, -0.2) is 5.11 Å². The van der Waals surface area contributed by atoms with E-state index in [1.807, 2.05) is 6.92 Å². The quantitative estimate of drug-likeness (QED) is 0.737. The normalized spacial score (nSPS) is 9.92. The molecule has 0 bridgehead atoms. The molecule has 0 amide bonds. The van der Waals surface area contributed by atoms with Gasteiger partial charge in [0.05, 0.1) is 10.0 Å². The Bertz CT molecular complexity index is 332. The molecular formula is C9H8Cl2O. The van der Waals surface area contributed by atoms with Crippen LogP contribution in [0.1, 0.15) is 12.5 Å². The van der Waals surface area contributed by atoms with Gasteiger partial charge < -0.3 is 5.11 Å². The molecular weight excluding hydrogens is 195 g/mol. The SMILES string of the molecule is C=C(C)c1ccc(Cl)c(O)c1Cl. The highest BCUT2D eigenvalue weighted by atomic mass is 35.5. The first kappa shape index (κ1) is 9.43. The molecule has 0 radical (unpaired) electrons. The van der Waals surface area contributed by atoms with E-state index in [9.17, 15) is 5.11 Å². The summed E-state index contributed by atoms with van der Waals surface area (Å²) in [5, 5.41) is 9.84. The number of phenols is 1.